The zero-order chi connectivity index (χ0) is 13.9. The van der Waals surface area contributed by atoms with Gasteiger partial charge >= 0.3 is 5.69 Å². The van der Waals surface area contributed by atoms with Crippen LogP contribution in [0.5, 0.6) is 5.75 Å². The van der Waals surface area contributed by atoms with Crippen LogP contribution in [0.1, 0.15) is 12.5 Å². The minimum absolute atomic E-state index is 0.00483. The second-order valence-corrected chi connectivity index (χ2v) is 5.53. The van der Waals surface area contributed by atoms with Gasteiger partial charge in [0.2, 0.25) is 5.75 Å². The predicted molar refractivity (Wildman–Crippen MR) is 62.0 cm³/mol. The Balaban J connectivity index is 3.77. The molecule has 0 aromatic heterocycles. The summed E-state index contributed by atoms with van der Waals surface area (Å²) in [6, 6.07) is 3.61. The molecule has 0 aliphatic carbocycles. The third-order valence-corrected chi connectivity index (χ3v) is 3.30. The summed E-state index contributed by atoms with van der Waals surface area (Å²) in [6.45, 7) is 1.52. The van der Waals surface area contributed by atoms with Crippen LogP contribution in [-0.4, -0.2) is 19.9 Å². The Morgan fingerprint density at radius 3 is 2.56 bits per heavy atom. The highest BCUT2D eigenvalue weighted by molar-refractivity contribution is 8.13. The Morgan fingerprint density at radius 2 is 2.17 bits per heavy atom. The van der Waals surface area contributed by atoms with Gasteiger partial charge in [-0.15, -0.1) is 0 Å². The summed E-state index contributed by atoms with van der Waals surface area (Å²) in [5.41, 5.74) is -0.867. The molecule has 7 nitrogen and oxygen atoms in total. The van der Waals surface area contributed by atoms with Crippen LogP contribution in [0.25, 0.3) is 0 Å². The molecular weight excluding hydrogens is 284 g/mol. The van der Waals surface area contributed by atoms with Gasteiger partial charge in [-0.25, -0.2) is 8.42 Å². The van der Waals surface area contributed by atoms with Gasteiger partial charge in [-0.2, -0.15) is 5.26 Å². The predicted octanol–water partition coefficient (Wildman–Crippen LogP) is 1.79. The lowest BCUT2D eigenvalue weighted by Gasteiger charge is -2.09. The molecule has 0 saturated heterocycles. The first-order chi connectivity index (χ1) is 8.32. The molecule has 18 heavy (non-hydrogen) atoms. The average molecular weight is 291 g/mol. The van der Waals surface area contributed by atoms with Crippen LogP contribution in [-0.2, 0) is 9.05 Å². The lowest BCUT2D eigenvalue weighted by atomic mass is 10.2. The van der Waals surface area contributed by atoms with Crippen molar-refractivity contribution >= 4 is 25.4 Å². The first-order valence-electron chi connectivity index (χ1n) is 4.61. The van der Waals surface area contributed by atoms with Crippen molar-refractivity contribution in [3.63, 3.8) is 0 Å². The summed E-state index contributed by atoms with van der Waals surface area (Å²) < 4.78 is 27.7. The Bertz CT molecular complexity index is 635. The fraction of sp³-hybridized carbons (Fsp3) is 0.222. The molecule has 0 unspecified atom stereocenters. The summed E-state index contributed by atoms with van der Waals surface area (Å²) in [6.07, 6.45) is 0. The molecule has 0 heterocycles. The summed E-state index contributed by atoms with van der Waals surface area (Å²) in [5.74, 6) is -0.517. The normalized spacial score (nSPS) is 10.7. The summed E-state index contributed by atoms with van der Waals surface area (Å²) >= 11 is 0. The van der Waals surface area contributed by atoms with E-state index in [2.05, 4.69) is 0 Å². The first kappa shape index (κ1) is 14.2. The SMILES string of the molecule is CCOc1c([N+](=O)[O-])ccc(C#N)c1S(=O)(=O)Cl. The molecule has 0 radical (unpaired) electrons. The van der Waals surface area contributed by atoms with Crippen LogP contribution >= 0.6 is 10.7 Å². The van der Waals surface area contributed by atoms with Crippen LogP contribution in [0.4, 0.5) is 5.69 Å². The number of hydrogen-bond donors (Lipinski definition) is 0. The van der Waals surface area contributed by atoms with E-state index >= 15 is 0 Å². The number of halogens is 1. The Kier molecular flexibility index (Phi) is 4.11. The molecule has 0 aliphatic rings. The van der Waals surface area contributed by atoms with E-state index in [1.54, 1.807) is 6.07 Å². The zero-order valence-electron chi connectivity index (χ0n) is 9.08. The molecule has 0 bridgehead atoms. The lowest BCUT2D eigenvalue weighted by Crippen LogP contribution is -2.05. The van der Waals surface area contributed by atoms with Crippen molar-refractivity contribution in [3.05, 3.63) is 27.8 Å². The Hall–Kier alpha value is -1.85. The van der Waals surface area contributed by atoms with Gasteiger partial charge in [0.25, 0.3) is 9.05 Å². The van der Waals surface area contributed by atoms with E-state index in [9.17, 15) is 18.5 Å². The van der Waals surface area contributed by atoms with E-state index in [1.807, 2.05) is 0 Å². The highest BCUT2D eigenvalue weighted by Crippen LogP contribution is 2.38. The van der Waals surface area contributed by atoms with Crippen molar-refractivity contribution in [1.82, 2.24) is 0 Å². The molecule has 0 atom stereocenters. The minimum atomic E-state index is -4.33. The molecule has 0 saturated carbocycles. The smallest absolute Gasteiger partial charge is 0.312 e. The van der Waals surface area contributed by atoms with Crippen LogP contribution in [0.15, 0.2) is 17.0 Å². The molecule has 1 aromatic rings. The van der Waals surface area contributed by atoms with Gasteiger partial charge < -0.3 is 4.74 Å². The summed E-state index contributed by atoms with van der Waals surface area (Å²) in [7, 11) is 0.844. The van der Waals surface area contributed by atoms with E-state index in [4.69, 9.17) is 20.7 Å². The Morgan fingerprint density at radius 1 is 1.56 bits per heavy atom. The second-order valence-electron chi connectivity index (χ2n) is 3.03. The number of nitriles is 1. The maximum Gasteiger partial charge on any atom is 0.312 e. The average Bonchev–Trinajstić information content (AvgIpc) is 2.26. The van der Waals surface area contributed by atoms with Gasteiger partial charge in [0, 0.05) is 16.7 Å². The number of nitro groups is 1. The highest BCUT2D eigenvalue weighted by Gasteiger charge is 2.29. The second kappa shape index (κ2) is 5.20. The van der Waals surface area contributed by atoms with Crippen molar-refractivity contribution in [3.8, 4) is 11.8 Å². The van der Waals surface area contributed by atoms with E-state index in [0.717, 1.165) is 12.1 Å². The van der Waals surface area contributed by atoms with E-state index in [1.165, 1.54) is 6.92 Å². The van der Waals surface area contributed by atoms with Gasteiger partial charge in [0.15, 0.2) is 0 Å². The molecule has 1 aromatic carbocycles. The van der Waals surface area contributed by atoms with Crippen molar-refractivity contribution < 1.29 is 18.1 Å². The van der Waals surface area contributed by atoms with Crippen LogP contribution in [0.3, 0.4) is 0 Å². The van der Waals surface area contributed by atoms with Gasteiger partial charge in [0.05, 0.1) is 17.1 Å². The van der Waals surface area contributed by atoms with Gasteiger partial charge in [-0.05, 0) is 13.0 Å². The summed E-state index contributed by atoms with van der Waals surface area (Å²) in [4.78, 5) is 9.29. The van der Waals surface area contributed by atoms with Gasteiger partial charge in [0.1, 0.15) is 11.0 Å². The number of hydrogen-bond acceptors (Lipinski definition) is 6. The fourth-order valence-corrected chi connectivity index (χ4v) is 2.53. The van der Waals surface area contributed by atoms with E-state index < -0.39 is 30.3 Å². The zero-order valence-corrected chi connectivity index (χ0v) is 10.7. The molecule has 0 spiro atoms. The molecule has 0 amide bonds. The molecule has 1 rings (SSSR count). The molecular formula is C9H7ClN2O5S. The Labute approximate surface area is 107 Å². The molecule has 96 valence electrons. The van der Waals surface area contributed by atoms with Crippen molar-refractivity contribution in [2.45, 2.75) is 11.8 Å². The number of ether oxygens (including phenoxy) is 1. The van der Waals surface area contributed by atoms with E-state index in [0.29, 0.717) is 0 Å². The molecule has 9 heteroatoms. The largest absolute Gasteiger partial charge is 0.486 e. The molecule has 0 N–H and O–H groups in total. The number of rotatable bonds is 4. The van der Waals surface area contributed by atoms with Gasteiger partial charge in [-0.1, -0.05) is 0 Å². The molecule has 0 fully saturated rings. The maximum absolute atomic E-state index is 11.4. The third-order valence-electron chi connectivity index (χ3n) is 1.94. The van der Waals surface area contributed by atoms with Crippen LogP contribution in [0, 0.1) is 21.4 Å². The van der Waals surface area contributed by atoms with Crippen LogP contribution < -0.4 is 4.74 Å². The number of benzene rings is 1. The van der Waals surface area contributed by atoms with E-state index in [-0.39, 0.29) is 12.2 Å². The van der Waals surface area contributed by atoms with Gasteiger partial charge in [-0.3, -0.25) is 10.1 Å². The van der Waals surface area contributed by atoms with Crippen molar-refractivity contribution in [2.75, 3.05) is 6.61 Å². The quantitative estimate of drug-likeness (QED) is 0.475. The topological polar surface area (TPSA) is 110 Å². The first-order valence-corrected chi connectivity index (χ1v) is 6.92. The fourth-order valence-electron chi connectivity index (χ4n) is 1.31. The number of nitro benzene ring substituents is 1. The summed E-state index contributed by atoms with van der Waals surface area (Å²) in [5, 5.41) is 19.6. The standard InChI is InChI=1S/C9H7ClN2O5S/c1-2-17-8-7(12(13)14)4-3-6(5-11)9(8)18(10,15)16/h3-4H,2H2,1H3. The number of nitrogens with zero attached hydrogens (tertiary/aromatic N) is 2. The monoisotopic (exact) mass is 290 g/mol. The maximum atomic E-state index is 11.4. The third kappa shape index (κ3) is 2.69. The minimum Gasteiger partial charge on any atom is -0.486 e. The van der Waals surface area contributed by atoms with Crippen LogP contribution in [0.2, 0.25) is 0 Å². The molecule has 0 aliphatic heterocycles. The van der Waals surface area contributed by atoms with Crippen molar-refractivity contribution in [1.29, 1.82) is 5.26 Å². The highest BCUT2D eigenvalue weighted by atomic mass is 35.7. The lowest BCUT2D eigenvalue weighted by molar-refractivity contribution is -0.386. The van der Waals surface area contributed by atoms with Crippen molar-refractivity contribution in [2.24, 2.45) is 0 Å².